The van der Waals surface area contributed by atoms with Gasteiger partial charge in [-0.2, -0.15) is 11.8 Å². The van der Waals surface area contributed by atoms with Crippen molar-refractivity contribution in [3.05, 3.63) is 10.6 Å². The minimum absolute atomic E-state index is 0.307. The van der Waals surface area contributed by atoms with E-state index >= 15 is 0 Å². The quantitative estimate of drug-likeness (QED) is 0.837. The highest BCUT2D eigenvalue weighted by atomic mass is 32.2. The largest absolute Gasteiger partial charge is 0.348 e. The Balaban J connectivity index is 1.77. The highest BCUT2D eigenvalue weighted by Crippen LogP contribution is 2.33. The van der Waals surface area contributed by atoms with Gasteiger partial charge in [0.2, 0.25) is 0 Å². The summed E-state index contributed by atoms with van der Waals surface area (Å²) in [6, 6.07) is 0. The zero-order valence-corrected chi connectivity index (χ0v) is 13.0. The number of aromatic nitrogens is 1. The molecule has 1 unspecified atom stereocenters. The topological polar surface area (TPSA) is 33.2 Å². The lowest BCUT2D eigenvalue weighted by Crippen LogP contribution is -2.24. The van der Waals surface area contributed by atoms with Crippen molar-refractivity contribution >= 4 is 34.0 Å². The van der Waals surface area contributed by atoms with Crippen LogP contribution in [-0.4, -0.2) is 35.4 Å². The van der Waals surface area contributed by atoms with Crippen molar-refractivity contribution in [1.29, 1.82) is 0 Å². The second-order valence-electron chi connectivity index (χ2n) is 5.32. The Bertz CT molecular complexity index is 472. The maximum Gasteiger partial charge on any atom is 0.186 e. The first-order valence-corrected chi connectivity index (χ1v) is 9.19. The van der Waals surface area contributed by atoms with Gasteiger partial charge >= 0.3 is 0 Å². The Kier molecular flexibility index (Phi) is 4.12. The Morgan fingerprint density at radius 3 is 2.95 bits per heavy atom. The predicted octanol–water partition coefficient (Wildman–Crippen LogP) is 3.38. The van der Waals surface area contributed by atoms with Gasteiger partial charge in [0, 0.05) is 24.8 Å². The molecule has 0 saturated carbocycles. The SMILES string of the molecule is CSC1CCCN(c2nc3c(s2)C(=O)CCC3)CC1. The van der Waals surface area contributed by atoms with Gasteiger partial charge in [0.25, 0.3) is 0 Å². The first-order chi connectivity index (χ1) is 9.28. The van der Waals surface area contributed by atoms with Crippen molar-refractivity contribution in [1.82, 2.24) is 4.98 Å². The third-order valence-electron chi connectivity index (χ3n) is 4.04. The molecule has 1 atom stereocenters. The van der Waals surface area contributed by atoms with E-state index in [9.17, 15) is 4.79 Å². The summed E-state index contributed by atoms with van der Waals surface area (Å²) in [4.78, 5) is 20.0. The second kappa shape index (κ2) is 5.83. The summed E-state index contributed by atoms with van der Waals surface area (Å²) >= 11 is 3.61. The van der Waals surface area contributed by atoms with Crippen molar-refractivity contribution < 1.29 is 4.79 Å². The number of Topliss-reactive ketones (excluding diaryl/α,β-unsaturated/α-hetero) is 1. The standard InChI is InChI=1S/C14H20N2OS2/c1-18-10-4-3-8-16(9-7-10)14-15-11-5-2-6-12(17)13(11)19-14/h10H,2-9H2,1H3. The van der Waals surface area contributed by atoms with Gasteiger partial charge in [0.05, 0.1) is 10.6 Å². The smallest absolute Gasteiger partial charge is 0.186 e. The summed E-state index contributed by atoms with van der Waals surface area (Å²) in [6.45, 7) is 2.18. The zero-order valence-electron chi connectivity index (χ0n) is 11.4. The summed E-state index contributed by atoms with van der Waals surface area (Å²) in [7, 11) is 0. The van der Waals surface area contributed by atoms with Crippen molar-refractivity contribution in [2.24, 2.45) is 0 Å². The molecule has 0 spiro atoms. The molecule has 1 aromatic heterocycles. The normalized spacial score (nSPS) is 24.2. The van der Waals surface area contributed by atoms with Gasteiger partial charge in [-0.25, -0.2) is 4.98 Å². The first-order valence-electron chi connectivity index (χ1n) is 7.08. The number of hydrogen-bond acceptors (Lipinski definition) is 5. The molecule has 3 rings (SSSR count). The van der Waals surface area contributed by atoms with E-state index in [0.29, 0.717) is 12.2 Å². The molecule has 1 aromatic rings. The lowest BCUT2D eigenvalue weighted by molar-refractivity contribution is 0.0976. The van der Waals surface area contributed by atoms with Gasteiger partial charge in [0.1, 0.15) is 0 Å². The molecule has 1 fully saturated rings. The lowest BCUT2D eigenvalue weighted by Gasteiger charge is -2.19. The average Bonchev–Trinajstić information content (AvgIpc) is 2.71. The number of rotatable bonds is 2. The molecule has 2 aliphatic rings. The third kappa shape index (κ3) is 2.82. The van der Waals surface area contributed by atoms with Crippen molar-refractivity contribution in [2.45, 2.75) is 43.8 Å². The van der Waals surface area contributed by atoms with E-state index in [1.807, 2.05) is 11.8 Å². The number of thiazole rings is 1. The number of anilines is 1. The molecule has 1 aliphatic heterocycles. The maximum atomic E-state index is 11.9. The molecule has 0 bridgehead atoms. The van der Waals surface area contributed by atoms with Crippen LogP contribution in [0.1, 0.15) is 47.5 Å². The molecule has 1 aliphatic carbocycles. The maximum absolute atomic E-state index is 11.9. The molecule has 0 aromatic carbocycles. The Labute approximate surface area is 122 Å². The van der Waals surface area contributed by atoms with Crippen molar-refractivity contribution in [2.75, 3.05) is 24.2 Å². The van der Waals surface area contributed by atoms with Crippen LogP contribution in [-0.2, 0) is 6.42 Å². The van der Waals surface area contributed by atoms with Gasteiger partial charge in [-0.15, -0.1) is 0 Å². The molecule has 19 heavy (non-hydrogen) atoms. The monoisotopic (exact) mass is 296 g/mol. The van der Waals surface area contributed by atoms with Crippen LogP contribution >= 0.6 is 23.1 Å². The predicted molar refractivity (Wildman–Crippen MR) is 82.7 cm³/mol. The fourth-order valence-corrected chi connectivity index (χ4v) is 4.76. The summed E-state index contributed by atoms with van der Waals surface area (Å²) in [5.74, 6) is 0.307. The molecule has 0 radical (unpaired) electrons. The van der Waals surface area contributed by atoms with Gasteiger partial charge < -0.3 is 4.90 Å². The molecule has 1 saturated heterocycles. The van der Waals surface area contributed by atoms with Crippen LogP contribution in [0.3, 0.4) is 0 Å². The van der Waals surface area contributed by atoms with Crippen molar-refractivity contribution in [3.63, 3.8) is 0 Å². The van der Waals surface area contributed by atoms with Gasteiger partial charge in [0.15, 0.2) is 10.9 Å². The highest BCUT2D eigenvalue weighted by Gasteiger charge is 2.25. The molecular formula is C14H20N2OS2. The molecule has 0 amide bonds. The number of carbonyl (C=O) groups excluding carboxylic acids is 1. The van der Waals surface area contributed by atoms with Gasteiger partial charge in [-0.1, -0.05) is 11.3 Å². The van der Waals surface area contributed by atoms with Gasteiger partial charge in [-0.05, 0) is 38.4 Å². The zero-order chi connectivity index (χ0) is 13.2. The van der Waals surface area contributed by atoms with E-state index in [2.05, 4.69) is 11.2 Å². The number of fused-ring (bicyclic) bond motifs is 1. The van der Waals surface area contributed by atoms with Gasteiger partial charge in [-0.3, -0.25) is 4.79 Å². The molecule has 2 heterocycles. The third-order valence-corrected chi connectivity index (χ3v) is 6.37. The van der Waals surface area contributed by atoms with Crippen LogP contribution < -0.4 is 4.90 Å². The summed E-state index contributed by atoms with van der Waals surface area (Å²) in [5.41, 5.74) is 1.06. The number of carbonyl (C=O) groups is 1. The number of aryl methyl sites for hydroxylation is 1. The van der Waals surface area contributed by atoms with E-state index in [4.69, 9.17) is 4.98 Å². The summed E-state index contributed by atoms with van der Waals surface area (Å²) < 4.78 is 0. The Hall–Kier alpha value is -0.550. The molecular weight excluding hydrogens is 276 g/mol. The summed E-state index contributed by atoms with van der Waals surface area (Å²) in [6.07, 6.45) is 8.66. The van der Waals surface area contributed by atoms with Crippen LogP contribution in [0.15, 0.2) is 0 Å². The first kappa shape index (κ1) is 13.4. The number of thioether (sulfide) groups is 1. The number of nitrogens with zero attached hydrogens (tertiary/aromatic N) is 2. The number of hydrogen-bond donors (Lipinski definition) is 0. The van der Waals surface area contributed by atoms with Crippen LogP contribution in [0, 0.1) is 0 Å². The average molecular weight is 296 g/mol. The van der Waals surface area contributed by atoms with E-state index in [1.54, 1.807) is 11.3 Å². The lowest BCUT2D eigenvalue weighted by atomic mass is 10.0. The molecule has 104 valence electrons. The van der Waals surface area contributed by atoms with Crippen LogP contribution in [0.25, 0.3) is 0 Å². The van der Waals surface area contributed by atoms with E-state index in [-0.39, 0.29) is 0 Å². The van der Waals surface area contributed by atoms with Crippen molar-refractivity contribution in [3.8, 4) is 0 Å². The fourth-order valence-electron chi connectivity index (χ4n) is 2.88. The van der Waals surface area contributed by atoms with Crippen LogP contribution in [0.5, 0.6) is 0 Å². The molecule has 5 heteroatoms. The van der Waals surface area contributed by atoms with E-state index in [1.165, 1.54) is 19.3 Å². The minimum atomic E-state index is 0.307. The number of ketones is 1. The Morgan fingerprint density at radius 2 is 2.16 bits per heavy atom. The van der Waals surface area contributed by atoms with Crippen LogP contribution in [0.2, 0.25) is 0 Å². The Morgan fingerprint density at radius 1 is 1.26 bits per heavy atom. The summed E-state index contributed by atoms with van der Waals surface area (Å²) in [5, 5.41) is 1.88. The minimum Gasteiger partial charge on any atom is -0.348 e. The van der Waals surface area contributed by atoms with Crippen LogP contribution in [0.4, 0.5) is 5.13 Å². The van der Waals surface area contributed by atoms with E-state index < -0.39 is 0 Å². The fraction of sp³-hybridized carbons (Fsp3) is 0.714. The molecule has 0 N–H and O–H groups in total. The molecule has 3 nitrogen and oxygen atoms in total. The highest BCUT2D eigenvalue weighted by molar-refractivity contribution is 7.99. The van der Waals surface area contributed by atoms with E-state index in [0.717, 1.165) is 46.9 Å². The second-order valence-corrected chi connectivity index (χ2v) is 7.44.